The first-order valence-electron chi connectivity index (χ1n) is 3.78. The largest absolute Gasteiger partial charge is 0.504 e. The number of halogens is 1. The minimum Gasteiger partial charge on any atom is -0.504 e. The van der Waals surface area contributed by atoms with E-state index in [9.17, 15) is 14.3 Å². The van der Waals surface area contributed by atoms with Gasteiger partial charge in [0.05, 0.1) is 13.7 Å². The molecule has 1 aromatic rings. The number of phenols is 1. The molecule has 0 aliphatic rings. The lowest BCUT2D eigenvalue weighted by atomic mass is 10.2. The molecule has 0 amide bonds. The van der Waals surface area contributed by atoms with Gasteiger partial charge >= 0.3 is 0 Å². The highest BCUT2D eigenvalue weighted by atomic mass is 19.1. The molecular weight excluding hydrogens is 189 g/mol. The molecule has 0 radical (unpaired) electrons. The van der Waals surface area contributed by atoms with Gasteiger partial charge in [-0.05, 0) is 6.07 Å². The summed E-state index contributed by atoms with van der Waals surface area (Å²) in [5.74, 6) is -0.731. The Morgan fingerprint density at radius 1 is 1.64 bits per heavy atom. The Bertz CT molecular complexity index is 386. The predicted octanol–water partition coefficient (Wildman–Crippen LogP) is 1.38. The lowest BCUT2D eigenvalue weighted by Gasteiger charge is -2.05. The third kappa shape index (κ3) is 2.08. The van der Waals surface area contributed by atoms with Crippen molar-refractivity contribution < 1.29 is 19.0 Å². The first kappa shape index (κ1) is 10.2. The van der Waals surface area contributed by atoms with Crippen molar-refractivity contribution in [2.24, 2.45) is 4.99 Å². The second kappa shape index (κ2) is 4.39. The summed E-state index contributed by atoms with van der Waals surface area (Å²) < 4.78 is 17.8. The van der Waals surface area contributed by atoms with Crippen LogP contribution in [0.3, 0.4) is 0 Å². The van der Waals surface area contributed by atoms with Crippen LogP contribution in [0.5, 0.6) is 11.5 Å². The van der Waals surface area contributed by atoms with E-state index in [0.29, 0.717) is 0 Å². The van der Waals surface area contributed by atoms with Gasteiger partial charge in [-0.15, -0.1) is 0 Å². The predicted molar refractivity (Wildman–Crippen MR) is 46.4 cm³/mol. The number of aromatic hydroxyl groups is 1. The van der Waals surface area contributed by atoms with Crippen molar-refractivity contribution in [3.8, 4) is 11.5 Å². The maximum atomic E-state index is 13.2. The molecule has 0 saturated carbocycles. The van der Waals surface area contributed by atoms with E-state index in [1.54, 1.807) is 0 Å². The molecule has 5 heteroatoms. The average molecular weight is 197 g/mol. The Kier molecular flexibility index (Phi) is 3.20. The molecule has 4 nitrogen and oxygen atoms in total. The van der Waals surface area contributed by atoms with E-state index < -0.39 is 5.82 Å². The second-order valence-electron chi connectivity index (χ2n) is 2.52. The summed E-state index contributed by atoms with van der Waals surface area (Å²) in [5, 5.41) is 9.28. The summed E-state index contributed by atoms with van der Waals surface area (Å²) in [6, 6.07) is 2.19. The van der Waals surface area contributed by atoms with E-state index in [-0.39, 0.29) is 23.6 Å². The standard InChI is InChI=1S/C9H8FNO3/c1-14-9-3-7(10)6(2-8(9)13)4-11-5-12/h2-3,13H,4H2,1H3. The van der Waals surface area contributed by atoms with E-state index in [4.69, 9.17) is 0 Å². The third-order valence-electron chi connectivity index (χ3n) is 1.66. The van der Waals surface area contributed by atoms with Gasteiger partial charge in [0, 0.05) is 11.6 Å². The van der Waals surface area contributed by atoms with Gasteiger partial charge < -0.3 is 9.84 Å². The summed E-state index contributed by atoms with van der Waals surface area (Å²) in [6.45, 7) is -0.146. The zero-order valence-electron chi connectivity index (χ0n) is 7.45. The van der Waals surface area contributed by atoms with Crippen molar-refractivity contribution in [1.29, 1.82) is 0 Å². The Morgan fingerprint density at radius 2 is 2.36 bits per heavy atom. The lowest BCUT2D eigenvalue weighted by molar-refractivity contribution is 0.369. The van der Waals surface area contributed by atoms with Crippen molar-refractivity contribution in [1.82, 2.24) is 0 Å². The summed E-state index contributed by atoms with van der Waals surface area (Å²) in [5.41, 5.74) is 0.117. The van der Waals surface area contributed by atoms with Gasteiger partial charge in [-0.3, -0.25) is 0 Å². The van der Waals surface area contributed by atoms with Crippen LogP contribution in [0.4, 0.5) is 4.39 Å². The van der Waals surface area contributed by atoms with Crippen molar-refractivity contribution >= 4 is 6.08 Å². The van der Waals surface area contributed by atoms with Crippen molar-refractivity contribution in [3.63, 3.8) is 0 Å². The number of carbonyl (C=O) groups excluding carboxylic acids is 1. The maximum absolute atomic E-state index is 13.2. The summed E-state index contributed by atoms with van der Waals surface area (Å²) >= 11 is 0. The van der Waals surface area contributed by atoms with Crippen LogP contribution < -0.4 is 4.74 Å². The molecule has 0 bridgehead atoms. The van der Waals surface area contributed by atoms with Crippen molar-refractivity contribution in [2.45, 2.75) is 6.54 Å². The van der Waals surface area contributed by atoms with Gasteiger partial charge in [0.25, 0.3) is 0 Å². The summed E-state index contributed by atoms with van der Waals surface area (Å²) in [6.07, 6.45) is 1.29. The average Bonchev–Trinajstić information content (AvgIpc) is 2.18. The van der Waals surface area contributed by atoms with E-state index >= 15 is 0 Å². The van der Waals surface area contributed by atoms with E-state index in [1.807, 2.05) is 0 Å². The van der Waals surface area contributed by atoms with Crippen LogP contribution in [0.25, 0.3) is 0 Å². The number of hydrogen-bond donors (Lipinski definition) is 1. The molecule has 74 valence electrons. The zero-order chi connectivity index (χ0) is 10.6. The smallest absolute Gasteiger partial charge is 0.235 e. The Balaban J connectivity index is 3.08. The topological polar surface area (TPSA) is 58.9 Å². The van der Waals surface area contributed by atoms with Gasteiger partial charge in [-0.25, -0.2) is 14.2 Å². The number of methoxy groups -OCH3 is 1. The summed E-state index contributed by atoms with van der Waals surface area (Å²) in [7, 11) is 1.32. The zero-order valence-corrected chi connectivity index (χ0v) is 7.45. The molecule has 1 rings (SSSR count). The van der Waals surface area contributed by atoms with Crippen molar-refractivity contribution in [2.75, 3.05) is 7.11 Å². The molecule has 0 unspecified atom stereocenters. The fraction of sp³-hybridized carbons (Fsp3) is 0.222. The molecule has 0 aliphatic carbocycles. The number of rotatable bonds is 3. The van der Waals surface area contributed by atoms with Gasteiger partial charge in [-0.1, -0.05) is 0 Å². The van der Waals surface area contributed by atoms with Crippen molar-refractivity contribution in [3.05, 3.63) is 23.5 Å². The molecule has 0 atom stereocenters. The normalized spacial score (nSPS) is 9.29. The van der Waals surface area contributed by atoms with E-state index in [0.717, 1.165) is 12.1 Å². The lowest BCUT2D eigenvalue weighted by Crippen LogP contribution is -1.91. The number of ether oxygens (including phenoxy) is 1. The fourth-order valence-corrected chi connectivity index (χ4v) is 0.989. The number of phenolic OH excluding ortho intramolecular Hbond substituents is 1. The van der Waals surface area contributed by atoms with Gasteiger partial charge in [0.15, 0.2) is 11.5 Å². The Morgan fingerprint density at radius 3 is 2.93 bits per heavy atom. The molecule has 0 saturated heterocycles. The van der Waals surface area contributed by atoms with E-state index in [2.05, 4.69) is 9.73 Å². The van der Waals surface area contributed by atoms with Crippen LogP contribution in [0.1, 0.15) is 5.56 Å². The third-order valence-corrected chi connectivity index (χ3v) is 1.66. The molecule has 0 spiro atoms. The van der Waals surface area contributed by atoms with Crippen LogP contribution in [-0.2, 0) is 11.3 Å². The molecule has 1 N–H and O–H groups in total. The maximum Gasteiger partial charge on any atom is 0.235 e. The molecule has 0 fully saturated rings. The van der Waals surface area contributed by atoms with Crippen LogP contribution in [-0.4, -0.2) is 18.3 Å². The van der Waals surface area contributed by atoms with Crippen LogP contribution in [0.15, 0.2) is 17.1 Å². The molecule has 14 heavy (non-hydrogen) atoms. The quantitative estimate of drug-likeness (QED) is 0.588. The number of benzene rings is 1. The minimum atomic E-state index is -0.585. The number of isocyanates is 1. The monoisotopic (exact) mass is 197 g/mol. The Labute approximate surface area is 79.7 Å². The minimum absolute atomic E-state index is 0.0429. The first-order valence-corrected chi connectivity index (χ1v) is 3.78. The summed E-state index contributed by atoms with van der Waals surface area (Å²) in [4.78, 5) is 13.0. The van der Waals surface area contributed by atoms with E-state index in [1.165, 1.54) is 13.2 Å². The van der Waals surface area contributed by atoms with Gasteiger partial charge in [0.1, 0.15) is 5.82 Å². The highest BCUT2D eigenvalue weighted by Crippen LogP contribution is 2.28. The molecule has 1 aromatic carbocycles. The molecule has 0 heterocycles. The fourth-order valence-electron chi connectivity index (χ4n) is 0.989. The molecule has 0 aromatic heterocycles. The molecule has 0 aliphatic heterocycles. The number of hydrogen-bond acceptors (Lipinski definition) is 4. The number of aliphatic imine (C=N–C) groups is 1. The highest BCUT2D eigenvalue weighted by Gasteiger charge is 2.08. The van der Waals surface area contributed by atoms with Crippen LogP contribution in [0.2, 0.25) is 0 Å². The van der Waals surface area contributed by atoms with Crippen LogP contribution >= 0.6 is 0 Å². The molecular formula is C9H8FNO3. The first-order chi connectivity index (χ1) is 6.69. The second-order valence-corrected chi connectivity index (χ2v) is 2.52. The number of nitrogens with zero attached hydrogens (tertiary/aromatic N) is 1. The SMILES string of the molecule is COc1cc(F)c(CN=C=O)cc1O. The van der Waals surface area contributed by atoms with Gasteiger partial charge in [0.2, 0.25) is 6.08 Å². The van der Waals surface area contributed by atoms with Gasteiger partial charge in [-0.2, -0.15) is 0 Å². The van der Waals surface area contributed by atoms with Crippen LogP contribution in [0, 0.1) is 5.82 Å². The highest BCUT2D eigenvalue weighted by molar-refractivity contribution is 5.43. The Hall–Kier alpha value is -1.87.